The number of benzene rings is 2. The van der Waals surface area contributed by atoms with Crippen LogP contribution in [0, 0.1) is 0 Å². The molecule has 0 aliphatic carbocycles. The minimum Gasteiger partial charge on any atom is -0.467 e. The molecule has 1 atom stereocenters. The summed E-state index contributed by atoms with van der Waals surface area (Å²) in [7, 11) is 1.34. The molecule has 6 heteroatoms. The number of hydrogen-bond acceptors (Lipinski definition) is 5. The quantitative estimate of drug-likeness (QED) is 0.678. The van der Waals surface area contributed by atoms with Crippen LogP contribution in [-0.2, 0) is 20.7 Å². The Labute approximate surface area is 172 Å². The highest BCUT2D eigenvalue weighted by Crippen LogP contribution is 2.14. The first-order valence-corrected chi connectivity index (χ1v) is 9.70. The smallest absolute Gasteiger partial charge is 0.410 e. The number of rotatable bonds is 8. The number of anilines is 1. The second kappa shape index (κ2) is 10.5. The van der Waals surface area contributed by atoms with Crippen LogP contribution in [-0.4, -0.2) is 48.8 Å². The summed E-state index contributed by atoms with van der Waals surface area (Å²) in [5, 5.41) is 3.15. The summed E-state index contributed by atoms with van der Waals surface area (Å²) in [6.45, 7) is 6.01. The third-order valence-electron chi connectivity index (χ3n) is 4.17. The largest absolute Gasteiger partial charge is 0.467 e. The van der Waals surface area contributed by atoms with Crippen LogP contribution in [0.4, 0.5) is 10.5 Å². The lowest BCUT2D eigenvalue weighted by Crippen LogP contribution is -2.47. The van der Waals surface area contributed by atoms with E-state index in [0.29, 0.717) is 13.0 Å². The van der Waals surface area contributed by atoms with Crippen molar-refractivity contribution in [2.24, 2.45) is 0 Å². The molecule has 0 fully saturated rings. The Morgan fingerprint density at radius 3 is 2.14 bits per heavy atom. The average Bonchev–Trinajstić information content (AvgIpc) is 2.69. The van der Waals surface area contributed by atoms with E-state index in [1.54, 1.807) is 4.90 Å². The van der Waals surface area contributed by atoms with E-state index >= 15 is 0 Å². The second-order valence-electron chi connectivity index (χ2n) is 7.75. The van der Waals surface area contributed by atoms with Gasteiger partial charge in [-0.15, -0.1) is 0 Å². The number of hydrogen-bond donors (Lipinski definition) is 1. The number of nitrogens with zero attached hydrogens (tertiary/aromatic N) is 1. The Kier molecular flexibility index (Phi) is 8.07. The molecule has 1 N–H and O–H groups in total. The van der Waals surface area contributed by atoms with Crippen LogP contribution < -0.4 is 5.32 Å². The maximum Gasteiger partial charge on any atom is 0.410 e. The van der Waals surface area contributed by atoms with Crippen LogP contribution in [0.25, 0.3) is 0 Å². The molecule has 2 rings (SSSR count). The summed E-state index contributed by atoms with van der Waals surface area (Å²) in [6, 6.07) is 18.5. The zero-order valence-corrected chi connectivity index (χ0v) is 17.6. The minimum absolute atomic E-state index is 0.128. The molecule has 1 amide bonds. The topological polar surface area (TPSA) is 67.9 Å². The standard InChI is InChI=1S/C23H30N2O4/c1-23(2,3)29-22(27)25(16-15-18-11-7-5-8-12-18)17-20(21(26)28-4)24-19-13-9-6-10-14-19/h5-14,20,24H,15-17H2,1-4H3/t20-/m0/s1. The number of nitrogens with one attached hydrogen (secondary N) is 1. The Morgan fingerprint density at radius 2 is 1.59 bits per heavy atom. The predicted molar refractivity (Wildman–Crippen MR) is 114 cm³/mol. The number of carbonyl (C=O) groups is 2. The van der Waals surface area contributed by atoms with Gasteiger partial charge in [-0.25, -0.2) is 9.59 Å². The SMILES string of the molecule is COC(=O)[C@H](CN(CCc1ccccc1)C(=O)OC(C)(C)C)Nc1ccccc1. The van der Waals surface area contributed by atoms with Gasteiger partial charge in [0.15, 0.2) is 0 Å². The van der Waals surface area contributed by atoms with E-state index in [9.17, 15) is 9.59 Å². The van der Waals surface area contributed by atoms with Gasteiger partial charge in [0.25, 0.3) is 0 Å². The molecule has 0 saturated heterocycles. The van der Waals surface area contributed by atoms with Gasteiger partial charge in [0.05, 0.1) is 13.7 Å². The van der Waals surface area contributed by atoms with E-state index in [4.69, 9.17) is 9.47 Å². The van der Waals surface area contributed by atoms with Crippen molar-refractivity contribution in [2.45, 2.75) is 38.8 Å². The molecule has 0 aliphatic heterocycles. The maximum absolute atomic E-state index is 12.8. The Bertz CT molecular complexity index is 772. The molecule has 0 unspecified atom stereocenters. The van der Waals surface area contributed by atoms with E-state index < -0.39 is 23.7 Å². The lowest BCUT2D eigenvalue weighted by molar-refractivity contribution is -0.141. The second-order valence-corrected chi connectivity index (χ2v) is 7.75. The molecule has 29 heavy (non-hydrogen) atoms. The summed E-state index contributed by atoms with van der Waals surface area (Å²) in [5.74, 6) is -0.442. The summed E-state index contributed by atoms with van der Waals surface area (Å²) in [6.07, 6.45) is 0.191. The van der Waals surface area contributed by atoms with Crippen LogP contribution in [0.3, 0.4) is 0 Å². The van der Waals surface area contributed by atoms with Crippen molar-refractivity contribution in [2.75, 3.05) is 25.5 Å². The molecular weight excluding hydrogens is 368 g/mol. The first kappa shape index (κ1) is 22.3. The van der Waals surface area contributed by atoms with Crippen molar-refractivity contribution in [1.29, 1.82) is 0 Å². The zero-order chi connectivity index (χ0) is 21.3. The van der Waals surface area contributed by atoms with Crippen molar-refractivity contribution in [3.8, 4) is 0 Å². The maximum atomic E-state index is 12.8. The van der Waals surface area contributed by atoms with E-state index in [1.807, 2.05) is 81.4 Å². The van der Waals surface area contributed by atoms with E-state index in [0.717, 1.165) is 11.3 Å². The predicted octanol–water partition coefficient (Wildman–Crippen LogP) is 4.12. The van der Waals surface area contributed by atoms with Gasteiger partial charge in [-0.3, -0.25) is 0 Å². The fourth-order valence-electron chi connectivity index (χ4n) is 2.77. The van der Waals surface area contributed by atoms with Crippen molar-refractivity contribution in [3.63, 3.8) is 0 Å². The number of esters is 1. The first-order valence-electron chi connectivity index (χ1n) is 9.70. The molecule has 0 radical (unpaired) electrons. The first-order chi connectivity index (χ1) is 13.8. The molecule has 2 aromatic carbocycles. The van der Waals surface area contributed by atoms with Crippen LogP contribution in [0.1, 0.15) is 26.3 Å². The molecule has 0 saturated carbocycles. The van der Waals surface area contributed by atoms with Crippen LogP contribution in [0.5, 0.6) is 0 Å². The molecule has 2 aromatic rings. The van der Waals surface area contributed by atoms with Gasteiger partial charge in [-0.1, -0.05) is 48.5 Å². The van der Waals surface area contributed by atoms with Crippen LogP contribution >= 0.6 is 0 Å². The monoisotopic (exact) mass is 398 g/mol. The number of ether oxygens (including phenoxy) is 2. The lowest BCUT2D eigenvalue weighted by Gasteiger charge is -2.30. The summed E-state index contributed by atoms with van der Waals surface area (Å²) in [5.41, 5.74) is 1.25. The lowest BCUT2D eigenvalue weighted by atomic mass is 10.1. The van der Waals surface area contributed by atoms with E-state index in [1.165, 1.54) is 7.11 Å². The summed E-state index contributed by atoms with van der Waals surface area (Å²) in [4.78, 5) is 26.7. The van der Waals surface area contributed by atoms with E-state index in [2.05, 4.69) is 5.32 Å². The number of carbonyl (C=O) groups excluding carboxylic acids is 2. The molecule has 0 aromatic heterocycles. The van der Waals surface area contributed by atoms with Crippen LogP contribution in [0.2, 0.25) is 0 Å². The molecule has 0 spiro atoms. The van der Waals surface area contributed by atoms with Crippen molar-refractivity contribution in [3.05, 3.63) is 66.2 Å². The van der Waals surface area contributed by atoms with Gasteiger partial charge >= 0.3 is 12.1 Å². The highest BCUT2D eigenvalue weighted by atomic mass is 16.6. The fraction of sp³-hybridized carbons (Fsp3) is 0.391. The van der Waals surface area contributed by atoms with Crippen molar-refractivity contribution in [1.82, 2.24) is 4.90 Å². The molecule has 6 nitrogen and oxygen atoms in total. The van der Waals surface area contributed by atoms with Gasteiger partial charge in [0, 0.05) is 12.2 Å². The van der Waals surface area contributed by atoms with Crippen LogP contribution in [0.15, 0.2) is 60.7 Å². The molecule has 0 aliphatic rings. The van der Waals surface area contributed by atoms with Crippen molar-refractivity contribution >= 4 is 17.7 Å². The summed E-state index contributed by atoms with van der Waals surface area (Å²) >= 11 is 0. The fourth-order valence-corrected chi connectivity index (χ4v) is 2.77. The van der Waals surface area contributed by atoms with Gasteiger partial charge in [0.2, 0.25) is 0 Å². The van der Waals surface area contributed by atoms with Gasteiger partial charge in [-0.05, 0) is 44.9 Å². The highest BCUT2D eigenvalue weighted by Gasteiger charge is 2.28. The summed E-state index contributed by atoms with van der Waals surface area (Å²) < 4.78 is 10.5. The molecule has 0 heterocycles. The zero-order valence-electron chi connectivity index (χ0n) is 17.6. The Hall–Kier alpha value is -3.02. The molecule has 0 bridgehead atoms. The third kappa shape index (κ3) is 7.86. The molecule has 156 valence electrons. The number of para-hydroxylation sites is 1. The number of amides is 1. The highest BCUT2D eigenvalue weighted by molar-refractivity contribution is 5.80. The molecular formula is C23H30N2O4. The average molecular weight is 399 g/mol. The van der Waals surface area contributed by atoms with Crippen molar-refractivity contribution < 1.29 is 19.1 Å². The normalized spacial score (nSPS) is 12.0. The Morgan fingerprint density at radius 1 is 1.00 bits per heavy atom. The van der Waals surface area contributed by atoms with Gasteiger partial charge in [0.1, 0.15) is 11.6 Å². The van der Waals surface area contributed by atoms with Gasteiger partial charge < -0.3 is 19.7 Å². The van der Waals surface area contributed by atoms with E-state index in [-0.39, 0.29) is 6.54 Å². The number of methoxy groups -OCH3 is 1. The Balaban J connectivity index is 2.16. The third-order valence-corrected chi connectivity index (χ3v) is 4.17. The minimum atomic E-state index is -0.717. The van der Waals surface area contributed by atoms with Gasteiger partial charge in [-0.2, -0.15) is 0 Å².